The van der Waals surface area contributed by atoms with E-state index in [1.165, 1.54) is 6.07 Å². The van der Waals surface area contributed by atoms with Crippen LogP contribution in [0.4, 0.5) is 4.39 Å². The predicted octanol–water partition coefficient (Wildman–Crippen LogP) is 2.95. The molecule has 94 valence electrons. The van der Waals surface area contributed by atoms with Crippen LogP contribution < -0.4 is 0 Å². The van der Waals surface area contributed by atoms with Crippen LogP contribution in [0.25, 0.3) is 0 Å². The normalized spacial score (nSPS) is 12.8. The Morgan fingerprint density at radius 1 is 1.59 bits per heavy atom. The second-order valence-electron chi connectivity index (χ2n) is 3.97. The SMILES string of the molecule is CC(c1ccc(F)c(Cl)c1)N(C)CCC(=O)O. The van der Waals surface area contributed by atoms with Gasteiger partial charge in [-0.05, 0) is 31.7 Å². The first-order valence-electron chi connectivity index (χ1n) is 5.28. The van der Waals surface area contributed by atoms with Gasteiger partial charge in [-0.25, -0.2) is 4.39 Å². The van der Waals surface area contributed by atoms with Crippen molar-refractivity contribution in [3.63, 3.8) is 0 Å². The summed E-state index contributed by atoms with van der Waals surface area (Å²) in [5.41, 5.74) is 0.865. The van der Waals surface area contributed by atoms with Gasteiger partial charge >= 0.3 is 5.97 Å². The summed E-state index contributed by atoms with van der Waals surface area (Å²) in [6.45, 7) is 2.36. The van der Waals surface area contributed by atoms with E-state index in [-0.39, 0.29) is 17.5 Å². The molecule has 0 amide bonds. The molecule has 5 heteroatoms. The van der Waals surface area contributed by atoms with Crippen molar-refractivity contribution in [1.29, 1.82) is 0 Å². The number of nitrogens with zero attached hydrogens (tertiary/aromatic N) is 1. The van der Waals surface area contributed by atoms with Gasteiger partial charge in [0.1, 0.15) is 5.82 Å². The molecule has 0 spiro atoms. The molecule has 0 fully saturated rings. The van der Waals surface area contributed by atoms with Gasteiger partial charge in [-0.1, -0.05) is 17.7 Å². The molecule has 1 aromatic rings. The van der Waals surface area contributed by atoms with E-state index < -0.39 is 11.8 Å². The summed E-state index contributed by atoms with van der Waals surface area (Å²) in [5, 5.41) is 8.68. The Balaban J connectivity index is 2.70. The molecule has 0 bridgehead atoms. The van der Waals surface area contributed by atoms with Crippen LogP contribution in [0.1, 0.15) is 24.9 Å². The number of hydrogen-bond donors (Lipinski definition) is 1. The third-order valence-electron chi connectivity index (χ3n) is 2.77. The number of aliphatic carboxylic acids is 1. The van der Waals surface area contributed by atoms with Gasteiger partial charge in [0.15, 0.2) is 0 Å². The molecule has 0 aliphatic heterocycles. The van der Waals surface area contributed by atoms with E-state index in [9.17, 15) is 9.18 Å². The first-order valence-corrected chi connectivity index (χ1v) is 5.66. The van der Waals surface area contributed by atoms with Crippen molar-refractivity contribution in [2.45, 2.75) is 19.4 Å². The third-order valence-corrected chi connectivity index (χ3v) is 3.06. The lowest BCUT2D eigenvalue weighted by molar-refractivity contribution is -0.137. The maximum absolute atomic E-state index is 13.0. The number of carboxylic acids is 1. The first-order chi connectivity index (χ1) is 7.91. The first kappa shape index (κ1) is 13.9. The number of rotatable bonds is 5. The highest BCUT2D eigenvalue weighted by atomic mass is 35.5. The van der Waals surface area contributed by atoms with Crippen LogP contribution in [-0.2, 0) is 4.79 Å². The van der Waals surface area contributed by atoms with Gasteiger partial charge in [-0.15, -0.1) is 0 Å². The summed E-state index contributed by atoms with van der Waals surface area (Å²) < 4.78 is 13.0. The monoisotopic (exact) mass is 259 g/mol. The molecule has 1 N–H and O–H groups in total. The zero-order valence-corrected chi connectivity index (χ0v) is 10.5. The number of carboxylic acid groups (broad SMARTS) is 1. The maximum atomic E-state index is 13.0. The number of halogens is 2. The van der Waals surface area contributed by atoms with Crippen molar-refractivity contribution in [2.75, 3.05) is 13.6 Å². The van der Waals surface area contributed by atoms with Crippen LogP contribution in [0, 0.1) is 5.82 Å². The van der Waals surface area contributed by atoms with E-state index in [2.05, 4.69) is 0 Å². The average Bonchev–Trinajstić information content (AvgIpc) is 2.28. The predicted molar refractivity (Wildman–Crippen MR) is 64.7 cm³/mol. The minimum Gasteiger partial charge on any atom is -0.481 e. The molecule has 1 rings (SSSR count). The number of benzene rings is 1. The minimum atomic E-state index is -0.832. The fraction of sp³-hybridized carbons (Fsp3) is 0.417. The molecule has 0 heterocycles. The van der Waals surface area contributed by atoms with E-state index in [4.69, 9.17) is 16.7 Å². The summed E-state index contributed by atoms with van der Waals surface area (Å²) in [6.07, 6.45) is 0.0791. The van der Waals surface area contributed by atoms with E-state index in [1.54, 1.807) is 12.1 Å². The summed E-state index contributed by atoms with van der Waals surface area (Å²) >= 11 is 5.70. The highest BCUT2D eigenvalue weighted by molar-refractivity contribution is 6.30. The summed E-state index contributed by atoms with van der Waals surface area (Å²) in [5.74, 6) is -1.28. The molecule has 0 aliphatic carbocycles. The van der Waals surface area contributed by atoms with Crippen LogP contribution in [0.15, 0.2) is 18.2 Å². The van der Waals surface area contributed by atoms with Crippen molar-refractivity contribution in [3.05, 3.63) is 34.6 Å². The van der Waals surface area contributed by atoms with Gasteiger partial charge in [-0.2, -0.15) is 0 Å². The Morgan fingerprint density at radius 3 is 2.76 bits per heavy atom. The Kier molecular flexibility index (Phi) is 4.90. The number of carbonyl (C=O) groups is 1. The van der Waals surface area contributed by atoms with Crippen LogP contribution in [0.5, 0.6) is 0 Å². The van der Waals surface area contributed by atoms with E-state index in [1.807, 2.05) is 18.9 Å². The van der Waals surface area contributed by atoms with E-state index in [0.717, 1.165) is 5.56 Å². The lowest BCUT2D eigenvalue weighted by Crippen LogP contribution is -2.25. The third kappa shape index (κ3) is 3.98. The standard InChI is InChI=1S/C12H15ClFNO2/c1-8(15(2)6-5-12(16)17)9-3-4-11(14)10(13)7-9/h3-4,7-8H,5-6H2,1-2H3,(H,16,17). The Hall–Kier alpha value is -1.13. The lowest BCUT2D eigenvalue weighted by Gasteiger charge is -2.24. The van der Waals surface area contributed by atoms with Crippen molar-refractivity contribution < 1.29 is 14.3 Å². The molecule has 0 saturated carbocycles. The minimum absolute atomic E-state index is 0.00699. The van der Waals surface area contributed by atoms with Crippen LogP contribution in [0.3, 0.4) is 0 Å². The zero-order chi connectivity index (χ0) is 13.0. The number of hydrogen-bond acceptors (Lipinski definition) is 2. The van der Waals surface area contributed by atoms with Crippen LogP contribution in [-0.4, -0.2) is 29.6 Å². The van der Waals surface area contributed by atoms with Gasteiger partial charge < -0.3 is 5.11 Å². The van der Waals surface area contributed by atoms with Crippen molar-refractivity contribution in [2.24, 2.45) is 0 Å². The second-order valence-corrected chi connectivity index (χ2v) is 4.38. The highest BCUT2D eigenvalue weighted by Crippen LogP contribution is 2.23. The van der Waals surface area contributed by atoms with Crippen molar-refractivity contribution >= 4 is 17.6 Å². The smallest absolute Gasteiger partial charge is 0.304 e. The van der Waals surface area contributed by atoms with Gasteiger partial charge in [0.05, 0.1) is 11.4 Å². The Labute approximate surface area is 105 Å². The zero-order valence-electron chi connectivity index (χ0n) is 9.78. The molecular formula is C12H15ClFNO2. The lowest BCUT2D eigenvalue weighted by atomic mass is 10.1. The van der Waals surface area contributed by atoms with E-state index >= 15 is 0 Å². The molecule has 0 saturated heterocycles. The average molecular weight is 260 g/mol. The summed E-state index contributed by atoms with van der Waals surface area (Å²) in [6, 6.07) is 4.54. The fourth-order valence-electron chi connectivity index (χ4n) is 1.49. The largest absolute Gasteiger partial charge is 0.481 e. The second kappa shape index (κ2) is 5.98. The van der Waals surface area contributed by atoms with Crippen molar-refractivity contribution in [1.82, 2.24) is 4.90 Å². The molecule has 1 aromatic carbocycles. The van der Waals surface area contributed by atoms with Gasteiger partial charge in [-0.3, -0.25) is 9.69 Å². The quantitative estimate of drug-likeness (QED) is 0.884. The van der Waals surface area contributed by atoms with Crippen LogP contribution >= 0.6 is 11.6 Å². The summed E-state index contributed by atoms with van der Waals surface area (Å²) in [7, 11) is 1.82. The van der Waals surface area contributed by atoms with Gasteiger partial charge in [0.2, 0.25) is 0 Å². The topological polar surface area (TPSA) is 40.5 Å². The molecule has 1 atom stereocenters. The molecule has 1 unspecified atom stereocenters. The van der Waals surface area contributed by atoms with Crippen LogP contribution in [0.2, 0.25) is 5.02 Å². The molecule has 17 heavy (non-hydrogen) atoms. The van der Waals surface area contributed by atoms with E-state index in [0.29, 0.717) is 6.54 Å². The molecule has 3 nitrogen and oxygen atoms in total. The molecular weight excluding hydrogens is 245 g/mol. The Morgan fingerprint density at radius 2 is 2.24 bits per heavy atom. The highest BCUT2D eigenvalue weighted by Gasteiger charge is 2.14. The van der Waals surface area contributed by atoms with Gasteiger partial charge in [0, 0.05) is 12.6 Å². The molecule has 0 aliphatic rings. The van der Waals surface area contributed by atoms with Gasteiger partial charge in [0.25, 0.3) is 0 Å². The fourth-order valence-corrected chi connectivity index (χ4v) is 1.68. The summed E-state index contributed by atoms with van der Waals surface area (Å²) in [4.78, 5) is 12.4. The maximum Gasteiger partial charge on any atom is 0.304 e. The Bertz CT molecular complexity index is 411. The molecule has 0 aromatic heterocycles. The van der Waals surface area contributed by atoms with Crippen molar-refractivity contribution in [3.8, 4) is 0 Å². The molecule has 0 radical (unpaired) electrons.